The number of hydrogen-bond acceptors (Lipinski definition) is 3. The maximum atomic E-state index is 13.0. The van der Waals surface area contributed by atoms with Crippen molar-refractivity contribution in [1.29, 1.82) is 0 Å². The zero-order valence-electron chi connectivity index (χ0n) is 12.4. The van der Waals surface area contributed by atoms with Crippen LogP contribution in [0.2, 0.25) is 0 Å². The highest BCUT2D eigenvalue weighted by Gasteiger charge is 2.28. The lowest BCUT2D eigenvalue weighted by Gasteiger charge is -2.10. The lowest BCUT2D eigenvalue weighted by Crippen LogP contribution is -2.38. The third kappa shape index (κ3) is 3.36. The van der Waals surface area contributed by atoms with Gasteiger partial charge in [0.05, 0.1) is 4.88 Å². The van der Waals surface area contributed by atoms with E-state index >= 15 is 0 Å². The van der Waals surface area contributed by atoms with Gasteiger partial charge >= 0.3 is 0 Å². The van der Waals surface area contributed by atoms with Gasteiger partial charge in [-0.25, -0.2) is 4.39 Å². The smallest absolute Gasteiger partial charge is 0.261 e. The molecule has 0 bridgehead atoms. The molecule has 5 heteroatoms. The van der Waals surface area contributed by atoms with Gasteiger partial charge in [-0.05, 0) is 55.0 Å². The topological polar surface area (TPSA) is 55.1 Å². The Morgan fingerprint density at radius 2 is 2.09 bits per heavy atom. The van der Waals surface area contributed by atoms with Gasteiger partial charge in [-0.2, -0.15) is 0 Å². The van der Waals surface area contributed by atoms with E-state index in [1.807, 2.05) is 13.0 Å². The lowest BCUT2D eigenvalue weighted by atomic mass is 10.1. The Morgan fingerprint density at radius 1 is 1.41 bits per heavy atom. The van der Waals surface area contributed by atoms with Gasteiger partial charge in [-0.15, -0.1) is 11.3 Å². The number of carbonyl (C=O) groups is 1. The predicted molar refractivity (Wildman–Crippen MR) is 87.5 cm³/mol. The number of aryl methyl sites for hydroxylation is 1. The highest BCUT2D eigenvalue weighted by molar-refractivity contribution is 7.17. The molecule has 1 aromatic carbocycles. The van der Waals surface area contributed by atoms with Crippen molar-refractivity contribution >= 4 is 17.2 Å². The van der Waals surface area contributed by atoms with Crippen LogP contribution in [0.15, 0.2) is 30.3 Å². The summed E-state index contributed by atoms with van der Waals surface area (Å²) in [7, 11) is 0. The summed E-state index contributed by atoms with van der Waals surface area (Å²) >= 11 is 1.43. The third-order valence-corrected chi connectivity index (χ3v) is 5.26. The van der Waals surface area contributed by atoms with Gasteiger partial charge in [-0.3, -0.25) is 4.79 Å². The molecule has 3 N–H and O–H groups in total. The minimum atomic E-state index is -0.259. The number of nitrogens with two attached hydrogens (primary N) is 1. The van der Waals surface area contributed by atoms with Crippen LogP contribution in [0.5, 0.6) is 0 Å². The molecule has 22 heavy (non-hydrogen) atoms. The van der Waals surface area contributed by atoms with Crippen LogP contribution >= 0.6 is 11.3 Å². The molecule has 1 aliphatic carbocycles. The first kappa shape index (κ1) is 15.2. The van der Waals surface area contributed by atoms with Gasteiger partial charge < -0.3 is 11.1 Å². The van der Waals surface area contributed by atoms with Crippen LogP contribution in [0.25, 0.3) is 10.4 Å². The van der Waals surface area contributed by atoms with Crippen LogP contribution in [0.3, 0.4) is 0 Å². The monoisotopic (exact) mass is 318 g/mol. The van der Waals surface area contributed by atoms with Gasteiger partial charge in [0, 0.05) is 17.5 Å². The maximum Gasteiger partial charge on any atom is 0.261 e. The molecule has 3 rings (SSSR count). The summed E-state index contributed by atoms with van der Waals surface area (Å²) in [6, 6.07) is 8.27. The summed E-state index contributed by atoms with van der Waals surface area (Å²) in [6.45, 7) is 2.48. The number of benzene rings is 1. The molecule has 1 amide bonds. The van der Waals surface area contributed by atoms with Crippen molar-refractivity contribution in [3.05, 3.63) is 46.6 Å². The minimum absolute atomic E-state index is 0.0570. The Kier molecular flexibility index (Phi) is 4.27. The maximum absolute atomic E-state index is 13.0. The standard InChI is InChI=1S/C17H19FN2OS/c1-10-8-15(17(21)20-9-14(19)11-2-3-11)22-16(10)12-4-6-13(18)7-5-12/h4-8,11,14H,2-3,9,19H2,1H3,(H,20,21). The second-order valence-electron chi connectivity index (χ2n) is 5.84. The van der Waals surface area contributed by atoms with Crippen molar-refractivity contribution < 1.29 is 9.18 Å². The quantitative estimate of drug-likeness (QED) is 0.888. The van der Waals surface area contributed by atoms with Gasteiger partial charge in [0.2, 0.25) is 0 Å². The minimum Gasteiger partial charge on any atom is -0.350 e. The highest BCUT2D eigenvalue weighted by Crippen LogP contribution is 2.33. The number of hydrogen-bond donors (Lipinski definition) is 2. The first-order valence-electron chi connectivity index (χ1n) is 7.45. The summed E-state index contributed by atoms with van der Waals surface area (Å²) in [5.74, 6) is 0.225. The predicted octanol–water partition coefficient (Wildman–Crippen LogP) is 3.33. The lowest BCUT2D eigenvalue weighted by molar-refractivity contribution is 0.0954. The van der Waals surface area contributed by atoms with E-state index in [2.05, 4.69) is 5.32 Å². The Hall–Kier alpha value is -1.72. The van der Waals surface area contributed by atoms with Crippen LogP contribution in [-0.2, 0) is 0 Å². The zero-order chi connectivity index (χ0) is 15.7. The van der Waals surface area contributed by atoms with E-state index in [4.69, 9.17) is 5.73 Å². The summed E-state index contributed by atoms with van der Waals surface area (Å²) in [5, 5.41) is 2.91. The summed E-state index contributed by atoms with van der Waals surface area (Å²) in [4.78, 5) is 13.9. The van der Waals surface area contributed by atoms with Crippen LogP contribution < -0.4 is 11.1 Å². The average molecular weight is 318 g/mol. The van der Waals surface area contributed by atoms with Crippen LogP contribution in [0.4, 0.5) is 4.39 Å². The second kappa shape index (κ2) is 6.18. The van der Waals surface area contributed by atoms with Crippen molar-refractivity contribution in [2.75, 3.05) is 6.54 Å². The number of amides is 1. The Labute approximate surface area is 133 Å². The summed E-state index contributed by atoms with van der Waals surface area (Å²) < 4.78 is 13.0. The van der Waals surface area contributed by atoms with Crippen molar-refractivity contribution in [3.8, 4) is 10.4 Å². The SMILES string of the molecule is Cc1cc(C(=O)NCC(N)C2CC2)sc1-c1ccc(F)cc1. The van der Waals surface area contributed by atoms with Crippen molar-refractivity contribution in [2.45, 2.75) is 25.8 Å². The van der Waals surface area contributed by atoms with Crippen molar-refractivity contribution in [1.82, 2.24) is 5.32 Å². The Balaban J connectivity index is 1.70. The van der Waals surface area contributed by atoms with E-state index in [1.165, 1.54) is 36.3 Å². The van der Waals surface area contributed by atoms with Gasteiger partial charge in [0.25, 0.3) is 5.91 Å². The van der Waals surface area contributed by atoms with Gasteiger partial charge in [-0.1, -0.05) is 12.1 Å². The van der Waals surface area contributed by atoms with E-state index in [-0.39, 0.29) is 17.8 Å². The number of rotatable bonds is 5. The highest BCUT2D eigenvalue weighted by atomic mass is 32.1. The fourth-order valence-electron chi connectivity index (χ4n) is 2.47. The molecule has 0 saturated heterocycles. The molecular formula is C17H19FN2OS. The van der Waals surface area contributed by atoms with E-state index in [0.29, 0.717) is 17.3 Å². The van der Waals surface area contributed by atoms with E-state index in [0.717, 1.165) is 16.0 Å². The van der Waals surface area contributed by atoms with Gasteiger partial charge in [0.1, 0.15) is 5.82 Å². The summed E-state index contributed by atoms with van der Waals surface area (Å²) in [5.41, 5.74) is 7.95. The molecule has 116 valence electrons. The number of thiophene rings is 1. The second-order valence-corrected chi connectivity index (χ2v) is 6.89. The normalized spacial score (nSPS) is 15.6. The molecular weight excluding hydrogens is 299 g/mol. The molecule has 0 radical (unpaired) electrons. The van der Waals surface area contributed by atoms with Crippen LogP contribution in [-0.4, -0.2) is 18.5 Å². The molecule has 1 fully saturated rings. The largest absolute Gasteiger partial charge is 0.350 e. The van der Waals surface area contributed by atoms with Crippen LogP contribution in [0, 0.1) is 18.7 Å². The molecule has 3 nitrogen and oxygen atoms in total. The van der Waals surface area contributed by atoms with E-state index < -0.39 is 0 Å². The van der Waals surface area contributed by atoms with E-state index in [1.54, 1.807) is 12.1 Å². The fraction of sp³-hybridized carbons (Fsp3) is 0.353. The summed E-state index contributed by atoms with van der Waals surface area (Å²) in [6.07, 6.45) is 2.34. The Morgan fingerprint density at radius 3 is 2.73 bits per heavy atom. The molecule has 1 aromatic heterocycles. The molecule has 1 saturated carbocycles. The van der Waals surface area contributed by atoms with Crippen molar-refractivity contribution in [3.63, 3.8) is 0 Å². The Bertz CT molecular complexity index is 676. The molecule has 1 atom stereocenters. The molecule has 0 aliphatic heterocycles. The molecule has 1 aliphatic rings. The zero-order valence-corrected chi connectivity index (χ0v) is 13.3. The first-order chi connectivity index (χ1) is 10.5. The van der Waals surface area contributed by atoms with Gasteiger partial charge in [0.15, 0.2) is 0 Å². The fourth-order valence-corrected chi connectivity index (χ4v) is 3.56. The van der Waals surface area contributed by atoms with E-state index in [9.17, 15) is 9.18 Å². The number of halogens is 1. The first-order valence-corrected chi connectivity index (χ1v) is 8.26. The number of nitrogens with one attached hydrogen (secondary N) is 1. The molecule has 0 spiro atoms. The van der Waals surface area contributed by atoms with Crippen LogP contribution in [0.1, 0.15) is 28.1 Å². The average Bonchev–Trinajstić information content (AvgIpc) is 3.28. The number of carbonyl (C=O) groups excluding carboxylic acids is 1. The third-order valence-electron chi connectivity index (χ3n) is 3.97. The molecule has 2 aromatic rings. The molecule has 1 unspecified atom stereocenters. The molecule has 1 heterocycles. The van der Waals surface area contributed by atoms with Crippen molar-refractivity contribution in [2.24, 2.45) is 11.7 Å².